The van der Waals surface area contributed by atoms with Gasteiger partial charge in [0, 0.05) is 25.7 Å². The summed E-state index contributed by atoms with van der Waals surface area (Å²) in [5.74, 6) is 0. The Bertz CT molecular complexity index is 824. The summed E-state index contributed by atoms with van der Waals surface area (Å²) in [6, 6.07) is 33.4. The van der Waals surface area contributed by atoms with Crippen LogP contribution in [0.2, 0.25) is 0 Å². The van der Waals surface area contributed by atoms with Crippen LogP contribution in [0.5, 0.6) is 0 Å². The topological polar surface area (TPSA) is 6.48 Å². The van der Waals surface area contributed by atoms with Crippen LogP contribution in [0, 0.1) is 0 Å². The SMILES string of the molecule is c1ccc(CCN(Cc2ccccc2)C2CCN(Cc3ccccc3)CC2)cc1. The number of benzene rings is 3. The molecule has 0 spiro atoms. The summed E-state index contributed by atoms with van der Waals surface area (Å²) in [6.07, 6.45) is 3.64. The van der Waals surface area contributed by atoms with Gasteiger partial charge in [-0.15, -0.1) is 0 Å². The standard InChI is InChI=1S/C27H32N2/c1-4-10-24(11-5-1)16-21-29(23-26-14-8-3-9-15-26)27-17-19-28(20-18-27)22-25-12-6-2-7-13-25/h1-15,27H,16-23H2. The van der Waals surface area contributed by atoms with Crippen molar-refractivity contribution in [3.8, 4) is 0 Å². The van der Waals surface area contributed by atoms with E-state index < -0.39 is 0 Å². The van der Waals surface area contributed by atoms with E-state index in [-0.39, 0.29) is 0 Å². The molecule has 1 saturated heterocycles. The van der Waals surface area contributed by atoms with Crippen LogP contribution in [-0.4, -0.2) is 35.5 Å². The van der Waals surface area contributed by atoms with Crippen molar-refractivity contribution in [1.29, 1.82) is 0 Å². The molecule has 1 aliphatic heterocycles. The Labute approximate surface area is 175 Å². The summed E-state index contributed by atoms with van der Waals surface area (Å²) < 4.78 is 0. The van der Waals surface area contributed by atoms with E-state index in [4.69, 9.17) is 0 Å². The van der Waals surface area contributed by atoms with Gasteiger partial charge in [0.15, 0.2) is 0 Å². The van der Waals surface area contributed by atoms with Gasteiger partial charge in [-0.1, -0.05) is 91.0 Å². The molecule has 150 valence electrons. The van der Waals surface area contributed by atoms with Crippen LogP contribution in [0.1, 0.15) is 29.5 Å². The molecule has 0 unspecified atom stereocenters. The van der Waals surface area contributed by atoms with Gasteiger partial charge in [0.1, 0.15) is 0 Å². The maximum absolute atomic E-state index is 2.72. The molecule has 0 amide bonds. The van der Waals surface area contributed by atoms with E-state index in [1.807, 2.05) is 0 Å². The highest BCUT2D eigenvalue weighted by atomic mass is 15.2. The molecular weight excluding hydrogens is 352 g/mol. The highest BCUT2D eigenvalue weighted by Crippen LogP contribution is 2.21. The van der Waals surface area contributed by atoms with E-state index in [1.165, 1.54) is 42.6 Å². The first-order valence-corrected chi connectivity index (χ1v) is 10.9. The van der Waals surface area contributed by atoms with Gasteiger partial charge in [0.2, 0.25) is 0 Å². The molecule has 0 radical (unpaired) electrons. The predicted molar refractivity (Wildman–Crippen MR) is 122 cm³/mol. The second kappa shape index (κ2) is 10.4. The van der Waals surface area contributed by atoms with Crippen molar-refractivity contribution in [2.75, 3.05) is 19.6 Å². The Hall–Kier alpha value is -2.42. The quantitative estimate of drug-likeness (QED) is 0.513. The average molecular weight is 385 g/mol. The number of rotatable bonds is 8. The fourth-order valence-corrected chi connectivity index (χ4v) is 4.41. The zero-order chi connectivity index (χ0) is 19.7. The lowest BCUT2D eigenvalue weighted by molar-refractivity contribution is 0.0997. The van der Waals surface area contributed by atoms with E-state index in [0.29, 0.717) is 6.04 Å². The van der Waals surface area contributed by atoms with Crippen LogP contribution < -0.4 is 0 Å². The van der Waals surface area contributed by atoms with Crippen LogP contribution in [-0.2, 0) is 19.5 Å². The van der Waals surface area contributed by atoms with Crippen LogP contribution >= 0.6 is 0 Å². The summed E-state index contributed by atoms with van der Waals surface area (Å²) >= 11 is 0. The van der Waals surface area contributed by atoms with Crippen molar-refractivity contribution in [3.05, 3.63) is 108 Å². The third-order valence-corrected chi connectivity index (χ3v) is 6.08. The minimum absolute atomic E-state index is 0.672. The molecule has 29 heavy (non-hydrogen) atoms. The van der Waals surface area contributed by atoms with Gasteiger partial charge in [-0.25, -0.2) is 0 Å². The minimum atomic E-state index is 0.672. The smallest absolute Gasteiger partial charge is 0.0236 e. The third kappa shape index (κ3) is 6.03. The van der Waals surface area contributed by atoms with Gasteiger partial charge in [-0.2, -0.15) is 0 Å². The zero-order valence-electron chi connectivity index (χ0n) is 17.3. The van der Waals surface area contributed by atoms with E-state index in [2.05, 4.69) is 101 Å². The molecule has 0 N–H and O–H groups in total. The van der Waals surface area contributed by atoms with Gasteiger partial charge in [-0.3, -0.25) is 9.80 Å². The van der Waals surface area contributed by atoms with Crippen LogP contribution in [0.4, 0.5) is 0 Å². The van der Waals surface area contributed by atoms with E-state index in [1.54, 1.807) is 0 Å². The molecule has 0 aromatic heterocycles. The minimum Gasteiger partial charge on any atom is -0.299 e. The van der Waals surface area contributed by atoms with Crippen molar-refractivity contribution in [2.24, 2.45) is 0 Å². The normalized spacial score (nSPS) is 15.6. The summed E-state index contributed by atoms with van der Waals surface area (Å²) in [5.41, 5.74) is 4.29. The average Bonchev–Trinajstić information content (AvgIpc) is 2.79. The summed E-state index contributed by atoms with van der Waals surface area (Å²) in [5, 5.41) is 0. The molecule has 3 aromatic rings. The third-order valence-electron chi connectivity index (χ3n) is 6.08. The molecule has 1 heterocycles. The first-order chi connectivity index (χ1) is 14.4. The number of piperidine rings is 1. The van der Waals surface area contributed by atoms with Crippen molar-refractivity contribution in [1.82, 2.24) is 9.80 Å². The highest BCUT2D eigenvalue weighted by Gasteiger charge is 2.24. The first kappa shape index (κ1) is 19.9. The summed E-state index contributed by atoms with van der Waals surface area (Å²) in [4.78, 5) is 5.34. The van der Waals surface area contributed by atoms with E-state index in [9.17, 15) is 0 Å². The molecule has 4 rings (SSSR count). The second-order valence-electron chi connectivity index (χ2n) is 8.18. The maximum Gasteiger partial charge on any atom is 0.0236 e. The van der Waals surface area contributed by atoms with Crippen molar-refractivity contribution >= 4 is 0 Å². The summed E-state index contributed by atoms with van der Waals surface area (Å²) in [7, 11) is 0. The predicted octanol–water partition coefficient (Wildman–Crippen LogP) is 5.40. The van der Waals surface area contributed by atoms with Crippen molar-refractivity contribution in [2.45, 2.75) is 38.4 Å². The van der Waals surface area contributed by atoms with Crippen molar-refractivity contribution < 1.29 is 0 Å². The number of likely N-dealkylation sites (tertiary alicyclic amines) is 1. The van der Waals surface area contributed by atoms with E-state index >= 15 is 0 Å². The Morgan fingerprint density at radius 3 is 1.76 bits per heavy atom. The van der Waals surface area contributed by atoms with Gasteiger partial charge in [0.05, 0.1) is 0 Å². The lowest BCUT2D eigenvalue weighted by Crippen LogP contribution is -2.45. The van der Waals surface area contributed by atoms with Gasteiger partial charge in [0.25, 0.3) is 0 Å². The number of hydrogen-bond donors (Lipinski definition) is 0. The fourth-order valence-electron chi connectivity index (χ4n) is 4.41. The largest absolute Gasteiger partial charge is 0.299 e. The highest BCUT2D eigenvalue weighted by molar-refractivity contribution is 5.17. The lowest BCUT2D eigenvalue weighted by Gasteiger charge is -2.39. The van der Waals surface area contributed by atoms with E-state index in [0.717, 1.165) is 26.1 Å². The monoisotopic (exact) mass is 384 g/mol. The molecule has 1 aliphatic rings. The molecule has 3 aromatic carbocycles. The molecule has 1 fully saturated rings. The molecule has 0 atom stereocenters. The molecule has 0 saturated carbocycles. The fraction of sp³-hybridized carbons (Fsp3) is 0.333. The zero-order valence-corrected chi connectivity index (χ0v) is 17.3. The summed E-state index contributed by atoms with van der Waals surface area (Å²) in [6.45, 7) is 5.64. The molecule has 2 heteroatoms. The molecule has 2 nitrogen and oxygen atoms in total. The molecule has 0 bridgehead atoms. The number of nitrogens with zero attached hydrogens (tertiary/aromatic N) is 2. The Morgan fingerprint density at radius 1 is 0.655 bits per heavy atom. The first-order valence-electron chi connectivity index (χ1n) is 10.9. The van der Waals surface area contributed by atoms with Crippen LogP contribution in [0.3, 0.4) is 0 Å². The van der Waals surface area contributed by atoms with Crippen LogP contribution in [0.25, 0.3) is 0 Å². The van der Waals surface area contributed by atoms with Gasteiger partial charge >= 0.3 is 0 Å². The van der Waals surface area contributed by atoms with Gasteiger partial charge < -0.3 is 0 Å². The van der Waals surface area contributed by atoms with Gasteiger partial charge in [-0.05, 0) is 49.0 Å². The second-order valence-corrected chi connectivity index (χ2v) is 8.18. The molecular formula is C27H32N2. The lowest BCUT2D eigenvalue weighted by atomic mass is 10.0. The Kier molecular flexibility index (Phi) is 7.12. The Morgan fingerprint density at radius 2 is 1.17 bits per heavy atom. The van der Waals surface area contributed by atoms with Crippen LogP contribution in [0.15, 0.2) is 91.0 Å². The van der Waals surface area contributed by atoms with Crippen molar-refractivity contribution in [3.63, 3.8) is 0 Å². The Balaban J connectivity index is 1.36. The number of hydrogen-bond acceptors (Lipinski definition) is 2. The molecule has 0 aliphatic carbocycles. The maximum atomic E-state index is 2.72.